The molecule has 0 amide bonds. The van der Waals surface area contributed by atoms with E-state index in [9.17, 15) is 0 Å². The molecule has 1 aromatic heterocycles. The lowest BCUT2D eigenvalue weighted by atomic mass is 9.97. The minimum Gasteiger partial charge on any atom is -0.493 e. The number of ether oxygens (including phenoxy) is 4. The molecule has 3 aromatic rings. The van der Waals surface area contributed by atoms with E-state index in [1.165, 1.54) is 4.88 Å². The van der Waals surface area contributed by atoms with E-state index < -0.39 is 6.23 Å². The molecule has 0 saturated carbocycles. The fraction of sp³-hybridized carbons (Fsp3) is 0.261. The highest BCUT2D eigenvalue weighted by molar-refractivity contribution is 7.12. The first-order chi connectivity index (χ1) is 14.7. The average molecular weight is 423 g/mol. The largest absolute Gasteiger partial charge is 0.493 e. The number of para-hydroxylation sites is 1. The molecule has 154 valence electrons. The lowest BCUT2D eigenvalue weighted by Gasteiger charge is -2.38. The summed E-state index contributed by atoms with van der Waals surface area (Å²) in [7, 11) is 4.83. The molecule has 0 N–H and O–H groups in total. The molecule has 2 atom stereocenters. The zero-order valence-electron chi connectivity index (χ0n) is 17.0. The van der Waals surface area contributed by atoms with E-state index in [4.69, 9.17) is 24.0 Å². The number of methoxy groups -OCH3 is 3. The number of rotatable bonds is 5. The molecule has 0 fully saturated rings. The second kappa shape index (κ2) is 7.57. The van der Waals surface area contributed by atoms with Crippen molar-refractivity contribution in [3.8, 4) is 23.0 Å². The molecule has 2 unspecified atom stereocenters. The van der Waals surface area contributed by atoms with Gasteiger partial charge in [-0.3, -0.25) is 0 Å². The van der Waals surface area contributed by atoms with Gasteiger partial charge in [-0.1, -0.05) is 24.3 Å². The number of fused-ring (bicyclic) bond motifs is 3. The van der Waals surface area contributed by atoms with E-state index in [0.717, 1.165) is 29.0 Å². The minimum atomic E-state index is -0.406. The Kier molecular flexibility index (Phi) is 4.75. The van der Waals surface area contributed by atoms with Gasteiger partial charge in [0.25, 0.3) is 0 Å². The first-order valence-electron chi connectivity index (χ1n) is 9.68. The van der Waals surface area contributed by atoms with E-state index in [0.29, 0.717) is 17.2 Å². The monoisotopic (exact) mass is 422 g/mol. The van der Waals surface area contributed by atoms with Crippen LogP contribution in [0.15, 0.2) is 59.0 Å². The maximum Gasteiger partial charge on any atom is 0.214 e. The van der Waals surface area contributed by atoms with E-state index in [2.05, 4.69) is 28.6 Å². The van der Waals surface area contributed by atoms with Gasteiger partial charge in [-0.2, -0.15) is 5.10 Å². The molecule has 6 nitrogen and oxygen atoms in total. The molecule has 0 aliphatic carbocycles. The van der Waals surface area contributed by atoms with Crippen molar-refractivity contribution in [2.24, 2.45) is 5.10 Å². The van der Waals surface area contributed by atoms with Crippen molar-refractivity contribution in [3.05, 3.63) is 69.9 Å². The van der Waals surface area contributed by atoms with E-state index in [-0.39, 0.29) is 6.04 Å². The van der Waals surface area contributed by atoms with Crippen LogP contribution in [0.2, 0.25) is 0 Å². The predicted molar refractivity (Wildman–Crippen MR) is 116 cm³/mol. The van der Waals surface area contributed by atoms with Gasteiger partial charge < -0.3 is 18.9 Å². The molecule has 2 aliphatic heterocycles. The van der Waals surface area contributed by atoms with Gasteiger partial charge in [0.05, 0.1) is 38.0 Å². The Balaban J connectivity index is 1.63. The minimum absolute atomic E-state index is 0.108. The van der Waals surface area contributed by atoms with Gasteiger partial charge in [0.2, 0.25) is 12.0 Å². The molecular formula is C23H22N2O4S. The molecule has 7 heteroatoms. The fourth-order valence-electron chi connectivity index (χ4n) is 4.09. The van der Waals surface area contributed by atoms with Crippen LogP contribution in [0.3, 0.4) is 0 Å². The summed E-state index contributed by atoms with van der Waals surface area (Å²) in [6, 6.07) is 16.3. The van der Waals surface area contributed by atoms with Crippen LogP contribution in [0.25, 0.3) is 0 Å². The summed E-state index contributed by atoms with van der Waals surface area (Å²) in [5, 5.41) is 9.12. The molecule has 3 heterocycles. The molecule has 0 radical (unpaired) electrons. The third-order valence-electron chi connectivity index (χ3n) is 5.48. The van der Waals surface area contributed by atoms with Crippen LogP contribution in [-0.4, -0.2) is 32.0 Å². The van der Waals surface area contributed by atoms with E-state index in [1.54, 1.807) is 32.7 Å². The number of nitrogens with zero attached hydrogens (tertiary/aromatic N) is 2. The Morgan fingerprint density at radius 2 is 1.77 bits per heavy atom. The SMILES string of the molecule is COc1cc(C2Oc3ccccc3C3CC(c4cccs4)=NN32)cc(OC)c1OC. The Morgan fingerprint density at radius 3 is 2.43 bits per heavy atom. The van der Waals surface area contributed by atoms with Gasteiger partial charge in [0, 0.05) is 17.5 Å². The number of thiophene rings is 1. The average Bonchev–Trinajstić information content (AvgIpc) is 3.47. The number of benzene rings is 2. The molecule has 2 aliphatic rings. The van der Waals surface area contributed by atoms with Crippen LogP contribution in [-0.2, 0) is 0 Å². The highest BCUT2D eigenvalue weighted by atomic mass is 32.1. The molecule has 0 spiro atoms. The lowest BCUT2D eigenvalue weighted by Crippen LogP contribution is -2.33. The second-order valence-corrected chi connectivity index (χ2v) is 8.04. The first-order valence-corrected chi connectivity index (χ1v) is 10.6. The van der Waals surface area contributed by atoms with Crippen molar-refractivity contribution in [3.63, 3.8) is 0 Å². The molecule has 0 saturated heterocycles. The Labute approximate surface area is 179 Å². The van der Waals surface area contributed by atoms with E-state index >= 15 is 0 Å². The summed E-state index contributed by atoms with van der Waals surface area (Å²) >= 11 is 1.71. The van der Waals surface area contributed by atoms with Crippen LogP contribution < -0.4 is 18.9 Å². The zero-order chi connectivity index (χ0) is 20.7. The summed E-state index contributed by atoms with van der Waals surface area (Å²) in [5.41, 5.74) is 3.12. The van der Waals surface area contributed by atoms with Crippen LogP contribution in [0, 0.1) is 0 Å². The zero-order valence-corrected chi connectivity index (χ0v) is 17.8. The molecule has 5 rings (SSSR count). The maximum atomic E-state index is 6.44. The topological polar surface area (TPSA) is 52.5 Å². The highest BCUT2D eigenvalue weighted by Crippen LogP contribution is 2.49. The van der Waals surface area contributed by atoms with Gasteiger partial charge in [-0.05, 0) is 29.6 Å². The molecule has 30 heavy (non-hydrogen) atoms. The van der Waals surface area contributed by atoms with Gasteiger partial charge in [0.1, 0.15) is 5.75 Å². The Hall–Kier alpha value is -3.19. The molecule has 0 bridgehead atoms. The van der Waals surface area contributed by atoms with Crippen molar-refractivity contribution < 1.29 is 18.9 Å². The molecular weight excluding hydrogens is 400 g/mol. The Morgan fingerprint density at radius 1 is 1.00 bits per heavy atom. The summed E-state index contributed by atoms with van der Waals surface area (Å²) in [4.78, 5) is 1.19. The Bertz CT molecular complexity index is 1070. The predicted octanol–water partition coefficient (Wildman–Crippen LogP) is 5.02. The normalized spacial score (nSPS) is 19.4. The van der Waals surface area contributed by atoms with Gasteiger partial charge >= 0.3 is 0 Å². The fourth-order valence-corrected chi connectivity index (χ4v) is 4.81. The quantitative estimate of drug-likeness (QED) is 0.578. The van der Waals surface area contributed by atoms with Gasteiger partial charge in [-0.15, -0.1) is 11.3 Å². The molecule has 2 aromatic carbocycles. The number of hydrazone groups is 1. The summed E-state index contributed by atoms with van der Waals surface area (Å²) in [6.45, 7) is 0. The van der Waals surface area contributed by atoms with Crippen molar-refractivity contribution in [2.45, 2.75) is 18.7 Å². The van der Waals surface area contributed by atoms with Crippen LogP contribution >= 0.6 is 11.3 Å². The number of hydrogen-bond donors (Lipinski definition) is 0. The van der Waals surface area contributed by atoms with Crippen molar-refractivity contribution in [2.75, 3.05) is 21.3 Å². The van der Waals surface area contributed by atoms with Crippen molar-refractivity contribution in [1.82, 2.24) is 5.01 Å². The summed E-state index contributed by atoms with van der Waals surface area (Å²) in [6.07, 6.45) is 0.429. The van der Waals surface area contributed by atoms with Crippen LogP contribution in [0.1, 0.15) is 34.7 Å². The maximum absolute atomic E-state index is 6.44. The smallest absolute Gasteiger partial charge is 0.214 e. The third-order valence-corrected chi connectivity index (χ3v) is 6.40. The van der Waals surface area contributed by atoms with Gasteiger partial charge in [-0.25, -0.2) is 5.01 Å². The summed E-state index contributed by atoms with van der Waals surface area (Å²) < 4.78 is 23.0. The second-order valence-electron chi connectivity index (χ2n) is 7.09. The van der Waals surface area contributed by atoms with Crippen LogP contribution in [0.5, 0.6) is 23.0 Å². The van der Waals surface area contributed by atoms with Gasteiger partial charge in [0.15, 0.2) is 11.5 Å². The highest BCUT2D eigenvalue weighted by Gasteiger charge is 2.41. The van der Waals surface area contributed by atoms with E-state index in [1.807, 2.05) is 30.3 Å². The lowest BCUT2D eigenvalue weighted by molar-refractivity contribution is -0.0192. The number of hydrogen-bond acceptors (Lipinski definition) is 7. The van der Waals surface area contributed by atoms with Crippen molar-refractivity contribution >= 4 is 17.0 Å². The standard InChI is InChI=1S/C23H22N2O4S/c1-26-19-11-14(12-20(27-2)22(19)28-3)23-25-17(15-7-4-5-8-18(15)29-23)13-16(24-25)21-9-6-10-30-21/h4-12,17,23H,13H2,1-3H3. The van der Waals surface area contributed by atoms with Crippen LogP contribution in [0.4, 0.5) is 0 Å². The van der Waals surface area contributed by atoms with Crippen molar-refractivity contribution in [1.29, 1.82) is 0 Å². The first kappa shape index (κ1) is 18.8. The summed E-state index contributed by atoms with van der Waals surface area (Å²) in [5.74, 6) is 2.61. The third kappa shape index (κ3) is 2.97.